The van der Waals surface area contributed by atoms with Gasteiger partial charge < -0.3 is 10.1 Å². The quantitative estimate of drug-likeness (QED) is 0.740. The molecule has 0 unspecified atom stereocenters. The smallest absolute Gasteiger partial charge is 0.0639 e. The summed E-state index contributed by atoms with van der Waals surface area (Å²) in [4.78, 5) is 0. The SMILES string of the molecule is CCCCOCCNc1cccc2c1CCCC2. The third-order valence-corrected chi connectivity index (χ3v) is 3.60. The number of fused-ring (bicyclic) bond motifs is 1. The first-order valence-electron chi connectivity index (χ1n) is 7.34. The van der Waals surface area contributed by atoms with Crippen LogP contribution in [-0.4, -0.2) is 19.8 Å². The number of rotatable bonds is 7. The number of anilines is 1. The van der Waals surface area contributed by atoms with Crippen LogP contribution >= 0.6 is 0 Å². The van der Waals surface area contributed by atoms with Crippen LogP contribution in [0.4, 0.5) is 5.69 Å². The van der Waals surface area contributed by atoms with Crippen molar-refractivity contribution in [2.45, 2.75) is 45.4 Å². The second kappa shape index (κ2) is 7.42. The summed E-state index contributed by atoms with van der Waals surface area (Å²) in [5.74, 6) is 0. The molecule has 0 saturated heterocycles. The highest BCUT2D eigenvalue weighted by atomic mass is 16.5. The van der Waals surface area contributed by atoms with Gasteiger partial charge in [-0.1, -0.05) is 25.5 Å². The summed E-state index contributed by atoms with van der Waals surface area (Å²) in [5, 5.41) is 3.52. The number of hydrogen-bond donors (Lipinski definition) is 1. The van der Waals surface area contributed by atoms with Crippen molar-refractivity contribution in [3.8, 4) is 0 Å². The van der Waals surface area contributed by atoms with Gasteiger partial charge in [-0.15, -0.1) is 0 Å². The fourth-order valence-corrected chi connectivity index (χ4v) is 2.55. The molecule has 1 aromatic rings. The monoisotopic (exact) mass is 247 g/mol. The lowest BCUT2D eigenvalue weighted by Gasteiger charge is -2.20. The summed E-state index contributed by atoms with van der Waals surface area (Å²) in [6.07, 6.45) is 7.53. The van der Waals surface area contributed by atoms with Gasteiger partial charge in [-0.3, -0.25) is 0 Å². The third-order valence-electron chi connectivity index (χ3n) is 3.60. The Hall–Kier alpha value is -1.02. The molecule has 0 spiro atoms. The fraction of sp³-hybridized carbons (Fsp3) is 0.625. The molecule has 1 aromatic carbocycles. The van der Waals surface area contributed by atoms with Gasteiger partial charge in [0.25, 0.3) is 0 Å². The molecular weight excluding hydrogens is 222 g/mol. The highest BCUT2D eigenvalue weighted by Gasteiger charge is 2.12. The Labute approximate surface area is 111 Å². The van der Waals surface area contributed by atoms with Crippen molar-refractivity contribution in [3.05, 3.63) is 29.3 Å². The summed E-state index contributed by atoms with van der Waals surface area (Å²) in [6.45, 7) is 4.81. The maximum Gasteiger partial charge on any atom is 0.0639 e. The van der Waals surface area contributed by atoms with Crippen molar-refractivity contribution < 1.29 is 4.74 Å². The van der Waals surface area contributed by atoms with E-state index in [4.69, 9.17) is 4.74 Å². The van der Waals surface area contributed by atoms with E-state index < -0.39 is 0 Å². The zero-order valence-corrected chi connectivity index (χ0v) is 11.5. The average molecular weight is 247 g/mol. The lowest BCUT2D eigenvalue weighted by molar-refractivity contribution is 0.141. The first kappa shape index (κ1) is 13.4. The molecule has 2 rings (SSSR count). The minimum atomic E-state index is 0.809. The van der Waals surface area contributed by atoms with Crippen molar-refractivity contribution in [2.75, 3.05) is 25.1 Å². The molecular formula is C16H25NO. The van der Waals surface area contributed by atoms with Crippen LogP contribution in [0.3, 0.4) is 0 Å². The molecule has 0 aliphatic heterocycles. The highest BCUT2D eigenvalue weighted by Crippen LogP contribution is 2.27. The summed E-state index contributed by atoms with van der Waals surface area (Å²) >= 11 is 0. The van der Waals surface area contributed by atoms with Gasteiger partial charge in [0.1, 0.15) is 0 Å². The minimum absolute atomic E-state index is 0.809. The van der Waals surface area contributed by atoms with Gasteiger partial charge in [0.2, 0.25) is 0 Å². The molecule has 0 heterocycles. The number of aryl methyl sites for hydroxylation is 1. The van der Waals surface area contributed by atoms with Crippen molar-refractivity contribution in [1.29, 1.82) is 0 Å². The second-order valence-electron chi connectivity index (χ2n) is 5.04. The zero-order valence-electron chi connectivity index (χ0n) is 11.5. The van der Waals surface area contributed by atoms with Crippen LogP contribution in [0.2, 0.25) is 0 Å². The number of benzene rings is 1. The summed E-state index contributed by atoms with van der Waals surface area (Å²) in [5.41, 5.74) is 4.40. The minimum Gasteiger partial charge on any atom is -0.382 e. The van der Waals surface area contributed by atoms with E-state index >= 15 is 0 Å². The maximum absolute atomic E-state index is 5.58. The zero-order chi connectivity index (χ0) is 12.6. The largest absolute Gasteiger partial charge is 0.382 e. The van der Waals surface area contributed by atoms with Crippen LogP contribution < -0.4 is 5.32 Å². The highest BCUT2D eigenvalue weighted by molar-refractivity contribution is 5.55. The lowest BCUT2D eigenvalue weighted by atomic mass is 9.90. The van der Waals surface area contributed by atoms with E-state index in [9.17, 15) is 0 Å². The Morgan fingerprint density at radius 2 is 2.06 bits per heavy atom. The Kier molecular flexibility index (Phi) is 5.53. The summed E-state index contributed by atoms with van der Waals surface area (Å²) in [6, 6.07) is 6.65. The van der Waals surface area contributed by atoms with E-state index in [1.165, 1.54) is 55.3 Å². The maximum atomic E-state index is 5.58. The molecule has 0 radical (unpaired) electrons. The van der Waals surface area contributed by atoms with Crippen LogP contribution in [0.15, 0.2) is 18.2 Å². The van der Waals surface area contributed by atoms with Crippen molar-refractivity contribution in [3.63, 3.8) is 0 Å². The number of nitrogens with one attached hydrogen (secondary N) is 1. The van der Waals surface area contributed by atoms with Crippen LogP contribution in [0.5, 0.6) is 0 Å². The number of ether oxygens (including phenoxy) is 1. The topological polar surface area (TPSA) is 21.3 Å². The Balaban J connectivity index is 1.79. The molecule has 1 aliphatic carbocycles. The molecule has 1 aliphatic rings. The van der Waals surface area contributed by atoms with Crippen LogP contribution in [0.1, 0.15) is 43.7 Å². The van der Waals surface area contributed by atoms with Gasteiger partial charge in [-0.25, -0.2) is 0 Å². The van der Waals surface area contributed by atoms with Crippen LogP contribution in [-0.2, 0) is 17.6 Å². The molecule has 0 saturated carbocycles. The molecule has 0 bridgehead atoms. The summed E-state index contributed by atoms with van der Waals surface area (Å²) < 4.78 is 5.58. The van der Waals surface area contributed by atoms with E-state index in [1.54, 1.807) is 0 Å². The first-order valence-corrected chi connectivity index (χ1v) is 7.34. The van der Waals surface area contributed by atoms with Crippen molar-refractivity contribution in [1.82, 2.24) is 0 Å². The van der Waals surface area contributed by atoms with Gasteiger partial charge in [-0.2, -0.15) is 0 Å². The molecule has 0 fully saturated rings. The number of hydrogen-bond acceptors (Lipinski definition) is 2. The van der Waals surface area contributed by atoms with Crippen LogP contribution in [0, 0.1) is 0 Å². The molecule has 0 atom stereocenters. The Bertz CT molecular complexity index is 362. The van der Waals surface area contributed by atoms with Gasteiger partial charge in [0.15, 0.2) is 0 Å². The van der Waals surface area contributed by atoms with Gasteiger partial charge >= 0.3 is 0 Å². The summed E-state index contributed by atoms with van der Waals surface area (Å²) in [7, 11) is 0. The Morgan fingerprint density at radius 3 is 2.94 bits per heavy atom. The van der Waals surface area contributed by atoms with E-state index in [0.717, 1.165) is 19.8 Å². The molecule has 2 nitrogen and oxygen atoms in total. The third kappa shape index (κ3) is 3.74. The average Bonchev–Trinajstić information content (AvgIpc) is 2.43. The molecule has 18 heavy (non-hydrogen) atoms. The molecule has 100 valence electrons. The standard InChI is InChI=1S/C16H25NO/c1-2-3-12-18-13-11-17-16-10-6-8-14-7-4-5-9-15(14)16/h6,8,10,17H,2-5,7,9,11-13H2,1H3. The normalized spacial score (nSPS) is 14.3. The first-order chi connectivity index (χ1) is 8.92. The predicted molar refractivity (Wildman–Crippen MR) is 77.3 cm³/mol. The van der Waals surface area contributed by atoms with Crippen molar-refractivity contribution >= 4 is 5.69 Å². The van der Waals surface area contributed by atoms with Crippen molar-refractivity contribution in [2.24, 2.45) is 0 Å². The lowest BCUT2D eigenvalue weighted by Crippen LogP contribution is -2.13. The van der Waals surface area contributed by atoms with E-state index in [-0.39, 0.29) is 0 Å². The fourth-order valence-electron chi connectivity index (χ4n) is 2.55. The molecule has 1 N–H and O–H groups in total. The molecule has 2 heteroatoms. The van der Waals surface area contributed by atoms with E-state index in [0.29, 0.717) is 0 Å². The van der Waals surface area contributed by atoms with Gasteiger partial charge in [-0.05, 0) is 49.3 Å². The van der Waals surface area contributed by atoms with Crippen LogP contribution in [0.25, 0.3) is 0 Å². The van der Waals surface area contributed by atoms with Gasteiger partial charge in [0, 0.05) is 18.8 Å². The molecule has 0 amide bonds. The van der Waals surface area contributed by atoms with E-state index in [2.05, 4.69) is 30.4 Å². The predicted octanol–water partition coefficient (Wildman–Crippen LogP) is 3.79. The Morgan fingerprint density at radius 1 is 1.17 bits per heavy atom. The van der Waals surface area contributed by atoms with Gasteiger partial charge in [0.05, 0.1) is 6.61 Å². The van der Waals surface area contributed by atoms with E-state index in [1.807, 2.05) is 0 Å². The molecule has 0 aromatic heterocycles. The second-order valence-corrected chi connectivity index (χ2v) is 5.04. The number of unbranched alkanes of at least 4 members (excludes halogenated alkanes) is 1.